The fourth-order valence-electron chi connectivity index (χ4n) is 2.88. The second-order valence-corrected chi connectivity index (χ2v) is 8.73. The molecule has 0 amide bonds. The molecule has 2 aromatic carbocycles. The molecule has 3 rings (SSSR count). The molecule has 0 radical (unpaired) electrons. The molecule has 1 aliphatic rings. The van der Waals surface area contributed by atoms with E-state index in [4.69, 9.17) is 5.73 Å². The van der Waals surface area contributed by atoms with Crippen molar-refractivity contribution < 1.29 is 8.42 Å². The van der Waals surface area contributed by atoms with Gasteiger partial charge in [-0.3, -0.25) is 0 Å². The molecule has 23 heavy (non-hydrogen) atoms. The smallest absolute Gasteiger partial charge is 0.243 e. The fourth-order valence-corrected chi connectivity index (χ4v) is 4.76. The van der Waals surface area contributed by atoms with Gasteiger partial charge in [0.2, 0.25) is 10.0 Å². The second kappa shape index (κ2) is 6.36. The van der Waals surface area contributed by atoms with Crippen LogP contribution in [0, 0.1) is 6.92 Å². The predicted molar refractivity (Wildman–Crippen MR) is 94.7 cm³/mol. The highest BCUT2D eigenvalue weighted by Gasteiger charge is 2.29. The number of halogens is 1. The Bertz CT molecular complexity index is 819. The molecule has 6 heteroatoms. The molecule has 0 spiro atoms. The number of nitrogens with zero attached hydrogens (tertiary/aromatic N) is 1. The lowest BCUT2D eigenvalue weighted by molar-refractivity contribution is 0.401. The van der Waals surface area contributed by atoms with Gasteiger partial charge in [0, 0.05) is 23.6 Å². The van der Waals surface area contributed by atoms with Gasteiger partial charge in [0.25, 0.3) is 0 Å². The molecule has 4 nitrogen and oxygen atoms in total. The average molecular weight is 395 g/mol. The van der Waals surface area contributed by atoms with Crippen molar-refractivity contribution in [2.45, 2.75) is 24.3 Å². The van der Waals surface area contributed by atoms with Crippen LogP contribution in [-0.2, 0) is 16.4 Å². The van der Waals surface area contributed by atoms with Crippen molar-refractivity contribution in [3.8, 4) is 0 Å². The third-order valence-corrected chi connectivity index (χ3v) is 6.57. The zero-order valence-corrected chi connectivity index (χ0v) is 15.3. The largest absolute Gasteiger partial charge is 0.323 e. The molecule has 122 valence electrons. The van der Waals surface area contributed by atoms with E-state index in [2.05, 4.69) is 15.9 Å². The predicted octanol–water partition coefficient (Wildman–Crippen LogP) is 3.00. The van der Waals surface area contributed by atoms with Crippen molar-refractivity contribution in [2.75, 3.05) is 13.1 Å². The lowest BCUT2D eigenvalue weighted by atomic mass is 10.0. The maximum absolute atomic E-state index is 12.9. The number of benzene rings is 2. The summed E-state index contributed by atoms with van der Waals surface area (Å²) in [5.74, 6) is 0. The van der Waals surface area contributed by atoms with Crippen LogP contribution in [0.15, 0.2) is 51.8 Å². The number of nitrogens with two attached hydrogens (primary N) is 1. The zero-order valence-electron chi connectivity index (χ0n) is 12.9. The van der Waals surface area contributed by atoms with E-state index in [1.54, 1.807) is 12.1 Å². The average Bonchev–Trinajstić information content (AvgIpc) is 2.67. The first-order valence-electron chi connectivity index (χ1n) is 7.48. The molecule has 0 aliphatic carbocycles. The van der Waals surface area contributed by atoms with Gasteiger partial charge in [-0.05, 0) is 48.7 Å². The number of sulfonamides is 1. The van der Waals surface area contributed by atoms with Gasteiger partial charge < -0.3 is 5.73 Å². The third-order valence-electron chi connectivity index (χ3n) is 4.19. The first-order valence-corrected chi connectivity index (χ1v) is 9.72. The SMILES string of the molecule is Cc1ccc(S(=O)(=O)N2CCc3cc(Br)ccc3[C@@H](N)C2)cc1. The van der Waals surface area contributed by atoms with E-state index in [0.717, 1.165) is 21.2 Å². The molecule has 2 N–H and O–H groups in total. The molecule has 2 aromatic rings. The van der Waals surface area contributed by atoms with E-state index in [0.29, 0.717) is 24.4 Å². The van der Waals surface area contributed by atoms with Crippen molar-refractivity contribution >= 4 is 26.0 Å². The van der Waals surface area contributed by atoms with Crippen LogP contribution in [0.3, 0.4) is 0 Å². The van der Waals surface area contributed by atoms with Gasteiger partial charge >= 0.3 is 0 Å². The molecule has 0 bridgehead atoms. The van der Waals surface area contributed by atoms with Crippen LogP contribution < -0.4 is 5.73 Å². The van der Waals surface area contributed by atoms with Crippen molar-refractivity contribution in [3.63, 3.8) is 0 Å². The summed E-state index contributed by atoms with van der Waals surface area (Å²) in [6.07, 6.45) is 0.660. The molecule has 0 saturated carbocycles. The third kappa shape index (κ3) is 3.35. The Morgan fingerprint density at radius 2 is 1.87 bits per heavy atom. The number of rotatable bonds is 2. The van der Waals surface area contributed by atoms with Crippen molar-refractivity contribution in [2.24, 2.45) is 5.73 Å². The highest BCUT2D eigenvalue weighted by atomic mass is 79.9. The Morgan fingerprint density at radius 1 is 1.17 bits per heavy atom. The fraction of sp³-hybridized carbons (Fsp3) is 0.294. The van der Waals surface area contributed by atoms with E-state index >= 15 is 0 Å². The summed E-state index contributed by atoms with van der Waals surface area (Å²) in [4.78, 5) is 0.322. The number of hydrogen-bond acceptors (Lipinski definition) is 3. The van der Waals surface area contributed by atoms with Crippen LogP contribution in [0.1, 0.15) is 22.7 Å². The number of hydrogen-bond donors (Lipinski definition) is 1. The van der Waals surface area contributed by atoms with Gasteiger partial charge in [0.15, 0.2) is 0 Å². The normalized spacial score (nSPS) is 19.2. The van der Waals surface area contributed by atoms with Crippen molar-refractivity contribution in [1.29, 1.82) is 0 Å². The van der Waals surface area contributed by atoms with Gasteiger partial charge in [-0.2, -0.15) is 4.31 Å². The molecule has 0 fully saturated rings. The summed E-state index contributed by atoms with van der Waals surface area (Å²) in [5, 5.41) is 0. The first-order chi connectivity index (χ1) is 10.9. The molecule has 1 atom stereocenters. The second-order valence-electron chi connectivity index (χ2n) is 5.88. The summed E-state index contributed by atoms with van der Waals surface area (Å²) < 4.78 is 28.2. The number of fused-ring (bicyclic) bond motifs is 1. The summed E-state index contributed by atoms with van der Waals surface area (Å²) in [5.41, 5.74) is 9.43. The minimum atomic E-state index is -3.52. The Balaban J connectivity index is 1.92. The molecule has 0 unspecified atom stereocenters. The molecular formula is C17H19BrN2O2S. The van der Waals surface area contributed by atoms with Gasteiger partial charge in [-0.15, -0.1) is 0 Å². The van der Waals surface area contributed by atoms with Crippen molar-refractivity contribution in [1.82, 2.24) is 4.31 Å². The Kier molecular flexibility index (Phi) is 4.60. The quantitative estimate of drug-likeness (QED) is 0.851. The number of aryl methyl sites for hydroxylation is 1. The Labute approximate surface area is 145 Å². The van der Waals surface area contributed by atoms with Gasteiger partial charge in [-0.25, -0.2) is 8.42 Å². The highest BCUT2D eigenvalue weighted by Crippen LogP contribution is 2.28. The monoisotopic (exact) mass is 394 g/mol. The summed E-state index contributed by atoms with van der Waals surface area (Å²) in [6, 6.07) is 12.6. The van der Waals surface area contributed by atoms with E-state index in [1.807, 2.05) is 37.3 Å². The lowest BCUT2D eigenvalue weighted by Crippen LogP contribution is -2.36. The summed E-state index contributed by atoms with van der Waals surface area (Å²) in [6.45, 7) is 2.67. The minimum absolute atomic E-state index is 0.296. The van der Waals surface area contributed by atoms with E-state index in [-0.39, 0.29) is 6.04 Å². The minimum Gasteiger partial charge on any atom is -0.323 e. The zero-order chi connectivity index (χ0) is 16.6. The Hall–Kier alpha value is -1.21. The maximum atomic E-state index is 12.9. The van der Waals surface area contributed by atoms with E-state index < -0.39 is 10.0 Å². The van der Waals surface area contributed by atoms with Crippen LogP contribution in [0.25, 0.3) is 0 Å². The van der Waals surface area contributed by atoms with Crippen LogP contribution >= 0.6 is 15.9 Å². The Morgan fingerprint density at radius 3 is 2.57 bits per heavy atom. The van der Waals surface area contributed by atoms with Crippen LogP contribution in [0.5, 0.6) is 0 Å². The van der Waals surface area contributed by atoms with Crippen LogP contribution in [0.4, 0.5) is 0 Å². The van der Waals surface area contributed by atoms with Crippen molar-refractivity contribution in [3.05, 3.63) is 63.6 Å². The molecule has 0 saturated heterocycles. The molecular weight excluding hydrogens is 376 g/mol. The van der Waals surface area contributed by atoms with E-state index in [1.165, 1.54) is 4.31 Å². The maximum Gasteiger partial charge on any atom is 0.243 e. The standard InChI is InChI=1S/C17H19BrN2O2S/c1-12-2-5-15(6-3-12)23(21,22)20-9-8-13-10-14(18)4-7-16(13)17(19)11-20/h2-7,10,17H,8-9,11,19H2,1H3/t17-/m0/s1. The van der Waals surface area contributed by atoms with Gasteiger partial charge in [0.05, 0.1) is 4.90 Å². The first kappa shape index (κ1) is 16.6. The van der Waals surface area contributed by atoms with Crippen LogP contribution in [0.2, 0.25) is 0 Å². The molecule has 0 aromatic heterocycles. The molecule has 1 heterocycles. The molecule has 1 aliphatic heterocycles. The van der Waals surface area contributed by atoms with E-state index in [9.17, 15) is 8.42 Å². The lowest BCUT2D eigenvalue weighted by Gasteiger charge is -2.22. The highest BCUT2D eigenvalue weighted by molar-refractivity contribution is 9.10. The van der Waals surface area contributed by atoms with Crippen LogP contribution in [-0.4, -0.2) is 25.8 Å². The topological polar surface area (TPSA) is 63.4 Å². The van der Waals surface area contributed by atoms with Gasteiger partial charge in [-0.1, -0.05) is 39.7 Å². The van der Waals surface area contributed by atoms with Gasteiger partial charge in [0.1, 0.15) is 0 Å². The summed E-state index contributed by atoms with van der Waals surface area (Å²) in [7, 11) is -3.52. The summed E-state index contributed by atoms with van der Waals surface area (Å²) >= 11 is 3.46.